The lowest BCUT2D eigenvalue weighted by atomic mass is 9.42. The van der Waals surface area contributed by atoms with E-state index in [1.165, 1.54) is 19.3 Å². The smallest absolute Gasteiger partial charge is 0.209 e. The lowest BCUT2D eigenvalue weighted by molar-refractivity contribution is -0.266. The van der Waals surface area contributed by atoms with Gasteiger partial charge in [0.15, 0.2) is 11.6 Å². The SMILES string of the molecule is CO[C@H]1CC[C@@]2(C)C(CCC3C4=C[C@@H]5O[C@]6(CC[C@@H](C)CO6)[C@@H](C)[C@@H]5[C@@]4(C)[C@@]4(COC5(C=CC(=O)C=C5)O4)CC32)C1. The monoisotopic (exact) mass is 564 g/mol. The van der Waals surface area contributed by atoms with Crippen molar-refractivity contribution >= 4 is 5.78 Å². The molecule has 3 aliphatic heterocycles. The van der Waals surface area contributed by atoms with Gasteiger partial charge in [-0.2, -0.15) is 0 Å². The number of fused-ring (bicyclic) bond motifs is 8. The molecule has 0 aromatic rings. The Bertz CT molecular complexity index is 1190. The zero-order valence-electron chi connectivity index (χ0n) is 25.5. The zero-order chi connectivity index (χ0) is 28.4. The first-order valence-corrected chi connectivity index (χ1v) is 16.4. The normalized spacial score (nSPS) is 54.8. The van der Waals surface area contributed by atoms with Gasteiger partial charge in [-0.1, -0.05) is 39.3 Å². The van der Waals surface area contributed by atoms with Crippen molar-refractivity contribution in [2.24, 2.45) is 46.3 Å². The predicted molar refractivity (Wildman–Crippen MR) is 154 cm³/mol. The van der Waals surface area contributed by atoms with Gasteiger partial charge in [0, 0.05) is 30.8 Å². The second-order valence-electron chi connectivity index (χ2n) is 15.5. The first kappa shape index (κ1) is 27.3. The van der Waals surface area contributed by atoms with Crippen LogP contribution in [0.3, 0.4) is 0 Å². The molecular weight excluding hydrogens is 516 g/mol. The molecule has 0 amide bonds. The molecule has 6 fully saturated rings. The molecule has 12 atom stereocenters. The highest BCUT2D eigenvalue weighted by atomic mass is 16.8. The quantitative estimate of drug-likeness (QED) is 0.356. The highest BCUT2D eigenvalue weighted by Crippen LogP contribution is 2.74. The number of carbonyl (C=O) groups excluding carboxylic acids is 1. The number of methoxy groups -OCH3 is 1. The third-order valence-corrected chi connectivity index (χ3v) is 13.8. The second-order valence-corrected chi connectivity index (χ2v) is 15.5. The summed E-state index contributed by atoms with van der Waals surface area (Å²) in [5.41, 5.74) is 1.05. The Hall–Kier alpha value is -1.31. The molecular formula is C35H48O6. The van der Waals surface area contributed by atoms with Gasteiger partial charge in [0.1, 0.15) is 5.60 Å². The zero-order valence-corrected chi connectivity index (χ0v) is 25.5. The van der Waals surface area contributed by atoms with Gasteiger partial charge in [-0.25, -0.2) is 0 Å². The summed E-state index contributed by atoms with van der Waals surface area (Å²) in [5.74, 6) is 1.30. The van der Waals surface area contributed by atoms with E-state index in [-0.39, 0.29) is 34.6 Å². The van der Waals surface area contributed by atoms with E-state index in [0.717, 1.165) is 38.7 Å². The topological polar surface area (TPSA) is 63.2 Å². The van der Waals surface area contributed by atoms with Crippen LogP contribution in [0.2, 0.25) is 0 Å². The van der Waals surface area contributed by atoms with Crippen LogP contribution in [0.25, 0.3) is 0 Å². The van der Waals surface area contributed by atoms with Crippen LogP contribution >= 0.6 is 0 Å². The summed E-state index contributed by atoms with van der Waals surface area (Å²) >= 11 is 0. The fraction of sp³-hybridized carbons (Fsp3) is 0.800. The van der Waals surface area contributed by atoms with Crippen molar-refractivity contribution in [1.82, 2.24) is 0 Å². The maximum atomic E-state index is 12.1. The van der Waals surface area contributed by atoms with Gasteiger partial charge in [-0.3, -0.25) is 4.79 Å². The van der Waals surface area contributed by atoms with E-state index < -0.39 is 17.2 Å². The van der Waals surface area contributed by atoms with Crippen molar-refractivity contribution in [2.45, 2.75) is 108 Å². The van der Waals surface area contributed by atoms with Gasteiger partial charge in [-0.05, 0) is 98.3 Å². The van der Waals surface area contributed by atoms with Crippen LogP contribution in [0.5, 0.6) is 0 Å². The van der Waals surface area contributed by atoms with Gasteiger partial charge in [0.2, 0.25) is 5.79 Å². The molecule has 0 aromatic carbocycles. The van der Waals surface area contributed by atoms with Crippen molar-refractivity contribution in [1.29, 1.82) is 0 Å². The lowest BCUT2D eigenvalue weighted by Gasteiger charge is -2.64. The average molecular weight is 565 g/mol. The molecule has 0 N–H and O–H groups in total. The van der Waals surface area contributed by atoms with Crippen LogP contribution in [-0.4, -0.2) is 55.5 Å². The van der Waals surface area contributed by atoms with E-state index in [1.807, 2.05) is 19.3 Å². The molecule has 0 radical (unpaired) electrons. The summed E-state index contributed by atoms with van der Waals surface area (Å²) < 4.78 is 33.5. The van der Waals surface area contributed by atoms with Crippen LogP contribution in [0.15, 0.2) is 36.0 Å². The Morgan fingerprint density at radius 2 is 1.80 bits per heavy atom. The number of allylic oxidation sites excluding steroid dienone is 2. The van der Waals surface area contributed by atoms with Crippen molar-refractivity contribution < 1.29 is 28.5 Å². The molecule has 5 aliphatic carbocycles. The average Bonchev–Trinajstić information content (AvgIpc) is 3.57. The molecule has 8 rings (SSSR count). The van der Waals surface area contributed by atoms with Crippen molar-refractivity contribution in [3.8, 4) is 0 Å². The molecule has 6 nitrogen and oxygen atoms in total. The Morgan fingerprint density at radius 1 is 1.00 bits per heavy atom. The van der Waals surface area contributed by atoms with Crippen molar-refractivity contribution in [2.75, 3.05) is 20.3 Å². The van der Waals surface area contributed by atoms with E-state index in [1.54, 1.807) is 17.7 Å². The van der Waals surface area contributed by atoms with E-state index in [0.29, 0.717) is 36.4 Å². The summed E-state index contributed by atoms with van der Waals surface area (Å²) in [6.45, 7) is 11.0. The molecule has 6 heteroatoms. The highest BCUT2D eigenvalue weighted by Gasteiger charge is 2.75. The molecule has 3 spiro atoms. The van der Waals surface area contributed by atoms with E-state index in [2.05, 4.69) is 33.8 Å². The molecule has 0 bridgehead atoms. The largest absolute Gasteiger partial charge is 0.381 e. The van der Waals surface area contributed by atoms with Gasteiger partial charge in [-0.15, -0.1) is 0 Å². The van der Waals surface area contributed by atoms with Gasteiger partial charge in [0.25, 0.3) is 0 Å². The minimum absolute atomic E-state index is 0.0128. The fourth-order valence-corrected chi connectivity index (χ4v) is 11.4. The molecule has 3 saturated carbocycles. The summed E-state index contributed by atoms with van der Waals surface area (Å²) in [6.07, 6.45) is 18.9. The molecule has 3 unspecified atom stereocenters. The maximum Gasteiger partial charge on any atom is 0.209 e. The predicted octanol–water partition coefficient (Wildman–Crippen LogP) is 6.15. The number of hydrogen-bond acceptors (Lipinski definition) is 6. The van der Waals surface area contributed by atoms with Gasteiger partial charge >= 0.3 is 0 Å². The van der Waals surface area contributed by atoms with Gasteiger partial charge in [0.05, 0.1) is 25.4 Å². The van der Waals surface area contributed by atoms with Crippen LogP contribution in [0.4, 0.5) is 0 Å². The minimum atomic E-state index is -0.979. The fourth-order valence-electron chi connectivity index (χ4n) is 11.4. The van der Waals surface area contributed by atoms with E-state index >= 15 is 0 Å². The lowest BCUT2D eigenvalue weighted by Crippen LogP contribution is -2.64. The van der Waals surface area contributed by atoms with Crippen LogP contribution in [0, 0.1) is 46.3 Å². The minimum Gasteiger partial charge on any atom is -0.381 e. The number of hydrogen-bond donors (Lipinski definition) is 0. The third-order valence-electron chi connectivity index (χ3n) is 13.8. The molecule has 0 aromatic heterocycles. The van der Waals surface area contributed by atoms with Gasteiger partial charge < -0.3 is 23.7 Å². The van der Waals surface area contributed by atoms with Crippen LogP contribution in [0.1, 0.15) is 79.1 Å². The maximum absolute atomic E-state index is 12.1. The van der Waals surface area contributed by atoms with Crippen molar-refractivity contribution in [3.05, 3.63) is 36.0 Å². The van der Waals surface area contributed by atoms with E-state index in [4.69, 9.17) is 23.7 Å². The summed E-state index contributed by atoms with van der Waals surface area (Å²) in [5, 5.41) is 0. The van der Waals surface area contributed by atoms with Crippen LogP contribution in [-0.2, 0) is 28.5 Å². The Labute approximate surface area is 245 Å². The Balaban J connectivity index is 1.22. The summed E-state index contributed by atoms with van der Waals surface area (Å²) in [4.78, 5) is 12.1. The second kappa shape index (κ2) is 8.88. The number of ether oxygens (including phenoxy) is 5. The molecule has 224 valence electrons. The molecule has 8 aliphatic rings. The molecule has 3 saturated heterocycles. The summed E-state index contributed by atoms with van der Waals surface area (Å²) in [7, 11) is 1.88. The van der Waals surface area contributed by atoms with E-state index in [9.17, 15) is 4.79 Å². The molecule has 3 heterocycles. The number of ketones is 1. The third kappa shape index (κ3) is 3.52. The van der Waals surface area contributed by atoms with Crippen LogP contribution < -0.4 is 0 Å². The van der Waals surface area contributed by atoms with Crippen molar-refractivity contribution in [3.63, 3.8) is 0 Å². The Kier molecular flexibility index (Phi) is 5.90. The Morgan fingerprint density at radius 3 is 2.54 bits per heavy atom. The standard InChI is InChI=1S/C35H48O6/c1-21-8-15-35(38-19-21)22(2)30-29(40-35)17-27-26-7-6-23-16-25(37-5)11-12-31(23,3)28(26)18-33(32(27,30)4)20-39-34(41-33)13-9-24(36)10-14-34/h9-10,13-14,17,21-23,25-26,28-30H,6-8,11-12,15-16,18-20H2,1-5H3/t21-,22+,23?,25+,26?,28?,29+,30+,31+,32+,33+,35-/m1/s1. The number of carbonyl (C=O) groups is 1. The first-order valence-electron chi connectivity index (χ1n) is 16.4. The highest BCUT2D eigenvalue weighted by molar-refractivity contribution is 6.00. The first-order chi connectivity index (χ1) is 19.6. The number of rotatable bonds is 1. The molecule has 41 heavy (non-hydrogen) atoms. The summed E-state index contributed by atoms with van der Waals surface area (Å²) in [6, 6.07) is 0.